The van der Waals surface area contributed by atoms with Gasteiger partial charge in [0.1, 0.15) is 6.29 Å². The highest BCUT2D eigenvalue weighted by Gasteiger charge is 2.03. The molecular weight excluding hydrogens is 128 g/mol. The second-order valence-corrected chi connectivity index (χ2v) is 3.03. The Morgan fingerprint density at radius 3 is 2.40 bits per heavy atom. The van der Waals surface area contributed by atoms with Gasteiger partial charge in [-0.15, -0.1) is 0 Å². The summed E-state index contributed by atoms with van der Waals surface area (Å²) in [5, 5.41) is 9.07. The van der Waals surface area contributed by atoms with Crippen molar-refractivity contribution in [2.24, 2.45) is 5.92 Å². The molecule has 0 aliphatic heterocycles. The van der Waals surface area contributed by atoms with Gasteiger partial charge in [0, 0.05) is 6.42 Å². The van der Waals surface area contributed by atoms with Crippen LogP contribution in [0.15, 0.2) is 0 Å². The van der Waals surface area contributed by atoms with Gasteiger partial charge in [0.25, 0.3) is 0 Å². The summed E-state index contributed by atoms with van der Waals surface area (Å²) in [6.45, 7) is 4.21. The van der Waals surface area contributed by atoms with E-state index in [0.29, 0.717) is 5.92 Å². The molecule has 0 saturated carbocycles. The third kappa shape index (κ3) is 5.76. The van der Waals surface area contributed by atoms with Crippen molar-refractivity contribution in [2.45, 2.75) is 39.2 Å². The average molecular weight is 144 g/mol. The van der Waals surface area contributed by atoms with E-state index < -0.39 is 6.10 Å². The Morgan fingerprint density at radius 1 is 1.40 bits per heavy atom. The third-order valence-electron chi connectivity index (χ3n) is 1.45. The van der Waals surface area contributed by atoms with E-state index in [4.69, 9.17) is 5.11 Å². The van der Waals surface area contributed by atoms with Gasteiger partial charge in [-0.05, 0) is 18.8 Å². The molecule has 0 aromatic heterocycles. The van der Waals surface area contributed by atoms with Gasteiger partial charge in [0.05, 0.1) is 6.10 Å². The van der Waals surface area contributed by atoms with Crippen LogP contribution in [0, 0.1) is 5.92 Å². The van der Waals surface area contributed by atoms with Gasteiger partial charge in [-0.3, -0.25) is 0 Å². The van der Waals surface area contributed by atoms with Gasteiger partial charge in [0.15, 0.2) is 0 Å². The minimum Gasteiger partial charge on any atom is -0.393 e. The van der Waals surface area contributed by atoms with Gasteiger partial charge in [-0.1, -0.05) is 13.8 Å². The van der Waals surface area contributed by atoms with Crippen LogP contribution in [-0.2, 0) is 4.79 Å². The fourth-order valence-electron chi connectivity index (χ4n) is 0.755. The smallest absolute Gasteiger partial charge is 0.122 e. The Kier molecular flexibility index (Phi) is 5.22. The highest BCUT2D eigenvalue weighted by molar-refractivity contribution is 5.49. The Balaban J connectivity index is 3.20. The second kappa shape index (κ2) is 5.42. The van der Waals surface area contributed by atoms with Crippen LogP contribution in [0.1, 0.15) is 33.1 Å². The maximum absolute atomic E-state index is 9.90. The van der Waals surface area contributed by atoms with E-state index in [1.807, 2.05) is 0 Å². The maximum atomic E-state index is 9.90. The lowest BCUT2D eigenvalue weighted by Gasteiger charge is -2.07. The fraction of sp³-hybridized carbons (Fsp3) is 0.875. The van der Waals surface area contributed by atoms with Crippen molar-refractivity contribution in [2.75, 3.05) is 0 Å². The zero-order chi connectivity index (χ0) is 7.98. The highest BCUT2D eigenvalue weighted by Crippen LogP contribution is 2.07. The standard InChI is InChI=1S/C8H16O2/c1-7(2)3-4-8(10)5-6-9/h6-8,10H,3-5H2,1-2H3. The fourth-order valence-corrected chi connectivity index (χ4v) is 0.755. The van der Waals surface area contributed by atoms with Gasteiger partial charge >= 0.3 is 0 Å². The van der Waals surface area contributed by atoms with E-state index in [1.165, 1.54) is 0 Å². The zero-order valence-corrected chi connectivity index (χ0v) is 6.71. The van der Waals surface area contributed by atoms with Gasteiger partial charge < -0.3 is 9.90 Å². The summed E-state index contributed by atoms with van der Waals surface area (Å²) in [4.78, 5) is 9.90. The molecule has 0 bridgehead atoms. The molecule has 0 heterocycles. The number of hydrogen-bond donors (Lipinski definition) is 1. The summed E-state index contributed by atoms with van der Waals surface area (Å²) in [7, 11) is 0. The number of hydrogen-bond acceptors (Lipinski definition) is 2. The van der Waals surface area contributed by atoms with E-state index in [2.05, 4.69) is 13.8 Å². The highest BCUT2D eigenvalue weighted by atomic mass is 16.3. The van der Waals surface area contributed by atoms with Crippen LogP contribution in [0.3, 0.4) is 0 Å². The van der Waals surface area contributed by atoms with E-state index in [1.54, 1.807) is 0 Å². The summed E-state index contributed by atoms with van der Waals surface area (Å²) < 4.78 is 0. The van der Waals surface area contributed by atoms with Crippen LogP contribution in [0.2, 0.25) is 0 Å². The topological polar surface area (TPSA) is 37.3 Å². The number of aldehydes is 1. The molecule has 2 nitrogen and oxygen atoms in total. The average Bonchev–Trinajstić information content (AvgIpc) is 1.85. The Morgan fingerprint density at radius 2 is 2.00 bits per heavy atom. The van der Waals surface area contributed by atoms with Crippen LogP contribution < -0.4 is 0 Å². The first kappa shape index (κ1) is 9.63. The molecule has 60 valence electrons. The van der Waals surface area contributed by atoms with Crippen molar-refractivity contribution >= 4 is 6.29 Å². The lowest BCUT2D eigenvalue weighted by atomic mass is 10.0. The maximum Gasteiger partial charge on any atom is 0.122 e. The van der Waals surface area contributed by atoms with Crippen molar-refractivity contribution in [3.05, 3.63) is 0 Å². The van der Waals surface area contributed by atoms with Gasteiger partial charge in [-0.25, -0.2) is 0 Å². The van der Waals surface area contributed by atoms with Gasteiger partial charge in [0.2, 0.25) is 0 Å². The largest absolute Gasteiger partial charge is 0.393 e. The van der Waals surface area contributed by atoms with Crippen molar-refractivity contribution in [1.29, 1.82) is 0 Å². The van der Waals surface area contributed by atoms with E-state index >= 15 is 0 Å². The first-order chi connectivity index (χ1) is 4.66. The molecule has 0 aromatic carbocycles. The summed E-state index contributed by atoms with van der Waals surface area (Å²) >= 11 is 0. The number of aliphatic hydroxyl groups excluding tert-OH is 1. The molecular formula is C8H16O2. The molecule has 0 amide bonds. The Labute approximate surface area is 62.2 Å². The third-order valence-corrected chi connectivity index (χ3v) is 1.45. The molecule has 0 aromatic rings. The second-order valence-electron chi connectivity index (χ2n) is 3.03. The first-order valence-electron chi connectivity index (χ1n) is 3.78. The molecule has 2 heteroatoms. The van der Waals surface area contributed by atoms with Crippen LogP contribution >= 0.6 is 0 Å². The lowest BCUT2D eigenvalue weighted by Crippen LogP contribution is -2.07. The summed E-state index contributed by atoms with van der Waals surface area (Å²) in [5.41, 5.74) is 0. The molecule has 0 aliphatic rings. The number of carbonyl (C=O) groups is 1. The summed E-state index contributed by atoms with van der Waals surface area (Å²) in [6, 6.07) is 0. The number of aliphatic hydroxyl groups is 1. The van der Waals surface area contributed by atoms with Crippen LogP contribution in [0.5, 0.6) is 0 Å². The molecule has 0 aliphatic carbocycles. The number of carbonyl (C=O) groups excluding carboxylic acids is 1. The minimum absolute atomic E-state index is 0.284. The van der Waals surface area contributed by atoms with Gasteiger partial charge in [-0.2, -0.15) is 0 Å². The molecule has 1 N–H and O–H groups in total. The monoisotopic (exact) mass is 144 g/mol. The first-order valence-corrected chi connectivity index (χ1v) is 3.78. The lowest BCUT2D eigenvalue weighted by molar-refractivity contribution is -0.109. The van der Waals surface area contributed by atoms with Crippen molar-refractivity contribution in [3.8, 4) is 0 Å². The Hall–Kier alpha value is -0.370. The molecule has 0 spiro atoms. The van der Waals surface area contributed by atoms with Crippen molar-refractivity contribution < 1.29 is 9.90 Å². The molecule has 1 unspecified atom stereocenters. The van der Waals surface area contributed by atoms with Crippen molar-refractivity contribution in [1.82, 2.24) is 0 Å². The predicted octanol–water partition coefficient (Wildman–Crippen LogP) is 1.37. The molecule has 0 rings (SSSR count). The van der Waals surface area contributed by atoms with Crippen LogP contribution in [0.4, 0.5) is 0 Å². The molecule has 10 heavy (non-hydrogen) atoms. The van der Waals surface area contributed by atoms with E-state index in [9.17, 15) is 4.79 Å². The Bertz CT molecular complexity index is 89.3. The normalized spacial score (nSPS) is 13.6. The van der Waals surface area contributed by atoms with Crippen molar-refractivity contribution in [3.63, 3.8) is 0 Å². The molecule has 0 radical (unpaired) electrons. The molecule has 1 atom stereocenters. The molecule has 0 saturated heterocycles. The van der Waals surface area contributed by atoms with Crippen LogP contribution in [0.25, 0.3) is 0 Å². The summed E-state index contributed by atoms with van der Waals surface area (Å²) in [5.74, 6) is 0.612. The van der Waals surface area contributed by atoms with E-state index in [0.717, 1.165) is 19.1 Å². The SMILES string of the molecule is CC(C)CCC(O)CC=O. The quantitative estimate of drug-likeness (QED) is 0.592. The minimum atomic E-state index is -0.417. The number of rotatable bonds is 5. The van der Waals surface area contributed by atoms with E-state index in [-0.39, 0.29) is 6.42 Å². The predicted molar refractivity (Wildman–Crippen MR) is 40.8 cm³/mol. The van der Waals surface area contributed by atoms with Crippen LogP contribution in [-0.4, -0.2) is 17.5 Å². The molecule has 0 fully saturated rings. The summed E-state index contributed by atoms with van der Waals surface area (Å²) in [6.07, 6.45) is 2.38. The zero-order valence-electron chi connectivity index (χ0n) is 6.71.